The van der Waals surface area contributed by atoms with Gasteiger partial charge >= 0.3 is 0 Å². The van der Waals surface area contributed by atoms with E-state index in [-0.39, 0.29) is 6.10 Å². The van der Waals surface area contributed by atoms with Gasteiger partial charge in [-0.25, -0.2) is 4.98 Å². The van der Waals surface area contributed by atoms with E-state index < -0.39 is 0 Å². The number of nitrogens with zero attached hydrogens (tertiary/aromatic N) is 5. The SMILES string of the molecule is OC1CN(c2nc([C@H]3CCOC3)cc(N3CCc4[nH]ncc4C3)n2)C1. The van der Waals surface area contributed by atoms with Crippen molar-refractivity contribution in [3.05, 3.63) is 29.2 Å². The first-order valence-corrected chi connectivity index (χ1v) is 8.92. The van der Waals surface area contributed by atoms with Crippen LogP contribution in [0.4, 0.5) is 11.8 Å². The van der Waals surface area contributed by atoms with E-state index in [0.29, 0.717) is 19.0 Å². The third-order valence-corrected chi connectivity index (χ3v) is 5.34. The van der Waals surface area contributed by atoms with Crippen LogP contribution in [0.1, 0.15) is 29.3 Å². The van der Waals surface area contributed by atoms with Crippen molar-refractivity contribution in [2.45, 2.75) is 31.4 Å². The van der Waals surface area contributed by atoms with Gasteiger partial charge in [-0.1, -0.05) is 0 Å². The fraction of sp³-hybridized carbons (Fsp3) is 0.588. The number of hydrogen-bond donors (Lipinski definition) is 2. The Morgan fingerprint density at radius 3 is 2.96 bits per heavy atom. The molecule has 0 aromatic carbocycles. The van der Waals surface area contributed by atoms with Crippen molar-refractivity contribution in [2.75, 3.05) is 42.6 Å². The number of hydrogen-bond acceptors (Lipinski definition) is 7. The van der Waals surface area contributed by atoms with Crippen LogP contribution in [0.25, 0.3) is 0 Å². The van der Waals surface area contributed by atoms with Crippen LogP contribution in [-0.2, 0) is 17.7 Å². The summed E-state index contributed by atoms with van der Waals surface area (Å²) >= 11 is 0. The lowest BCUT2D eigenvalue weighted by atomic mass is 10.0. The van der Waals surface area contributed by atoms with Crippen molar-refractivity contribution in [3.63, 3.8) is 0 Å². The minimum atomic E-state index is -0.269. The highest BCUT2D eigenvalue weighted by Gasteiger charge is 2.30. The normalized spacial score (nSPS) is 23.6. The van der Waals surface area contributed by atoms with Crippen LogP contribution in [0.5, 0.6) is 0 Å². The molecule has 1 atom stereocenters. The van der Waals surface area contributed by atoms with Gasteiger partial charge in [0.25, 0.3) is 0 Å². The quantitative estimate of drug-likeness (QED) is 0.837. The van der Waals surface area contributed by atoms with Crippen molar-refractivity contribution >= 4 is 11.8 Å². The second-order valence-corrected chi connectivity index (χ2v) is 7.12. The summed E-state index contributed by atoms with van der Waals surface area (Å²) in [5.41, 5.74) is 3.51. The molecule has 3 aliphatic rings. The molecule has 5 rings (SSSR count). The van der Waals surface area contributed by atoms with Crippen molar-refractivity contribution in [1.29, 1.82) is 0 Å². The van der Waals surface area contributed by atoms with E-state index in [1.54, 1.807) is 0 Å². The molecule has 0 radical (unpaired) electrons. The molecule has 25 heavy (non-hydrogen) atoms. The fourth-order valence-corrected chi connectivity index (χ4v) is 3.76. The van der Waals surface area contributed by atoms with Gasteiger partial charge in [0.15, 0.2) is 0 Å². The molecule has 132 valence electrons. The van der Waals surface area contributed by atoms with Crippen LogP contribution in [0.3, 0.4) is 0 Å². The predicted molar refractivity (Wildman–Crippen MR) is 91.8 cm³/mol. The molecule has 8 heteroatoms. The summed E-state index contributed by atoms with van der Waals surface area (Å²) in [6.07, 6.45) is 3.58. The largest absolute Gasteiger partial charge is 0.389 e. The van der Waals surface area contributed by atoms with E-state index in [1.165, 1.54) is 11.3 Å². The number of aromatic nitrogens is 4. The smallest absolute Gasteiger partial charge is 0.227 e. The number of ether oxygens (including phenoxy) is 1. The van der Waals surface area contributed by atoms with Crippen LogP contribution in [0.2, 0.25) is 0 Å². The standard InChI is InChI=1S/C17H22N6O2/c24-13-8-23(9-13)17-19-15(11-2-4-25-10-11)5-16(20-17)22-3-1-14-12(7-22)6-18-21-14/h5-6,11,13,24H,1-4,7-10H2,(H,18,21)/t11-/m0/s1. The maximum Gasteiger partial charge on any atom is 0.227 e. The number of fused-ring (bicyclic) bond motifs is 1. The Morgan fingerprint density at radius 2 is 2.16 bits per heavy atom. The summed E-state index contributed by atoms with van der Waals surface area (Å²) in [6, 6.07) is 2.12. The van der Waals surface area contributed by atoms with Crippen molar-refractivity contribution in [3.8, 4) is 0 Å². The zero-order valence-corrected chi connectivity index (χ0v) is 14.1. The first kappa shape index (κ1) is 15.1. The molecule has 2 aromatic heterocycles. The molecule has 3 aliphatic heterocycles. The van der Waals surface area contributed by atoms with Crippen molar-refractivity contribution in [2.24, 2.45) is 0 Å². The molecule has 0 bridgehead atoms. The molecular formula is C17H22N6O2. The number of nitrogens with one attached hydrogen (secondary N) is 1. The van der Waals surface area contributed by atoms with Gasteiger partial charge in [-0.15, -0.1) is 0 Å². The molecule has 2 N–H and O–H groups in total. The molecule has 0 aliphatic carbocycles. The highest BCUT2D eigenvalue weighted by atomic mass is 16.5. The van der Waals surface area contributed by atoms with Gasteiger partial charge in [-0.3, -0.25) is 5.10 Å². The maximum absolute atomic E-state index is 9.63. The van der Waals surface area contributed by atoms with Gasteiger partial charge in [0.05, 0.1) is 24.6 Å². The first-order valence-electron chi connectivity index (χ1n) is 8.92. The van der Waals surface area contributed by atoms with Gasteiger partial charge in [0.2, 0.25) is 5.95 Å². The molecule has 2 fully saturated rings. The number of rotatable bonds is 3. The van der Waals surface area contributed by atoms with Crippen molar-refractivity contribution < 1.29 is 9.84 Å². The summed E-state index contributed by atoms with van der Waals surface area (Å²) in [7, 11) is 0. The number of aliphatic hydroxyl groups excluding tert-OH is 1. The summed E-state index contributed by atoms with van der Waals surface area (Å²) < 4.78 is 5.55. The second-order valence-electron chi connectivity index (χ2n) is 7.12. The Hall–Kier alpha value is -2.19. The summed E-state index contributed by atoms with van der Waals surface area (Å²) in [4.78, 5) is 13.9. The minimum Gasteiger partial charge on any atom is -0.389 e. The molecule has 5 heterocycles. The molecule has 2 saturated heterocycles. The van der Waals surface area contributed by atoms with Gasteiger partial charge < -0.3 is 19.6 Å². The molecule has 0 saturated carbocycles. The van der Waals surface area contributed by atoms with Crippen LogP contribution >= 0.6 is 0 Å². The summed E-state index contributed by atoms with van der Waals surface area (Å²) in [5.74, 6) is 2.02. The van der Waals surface area contributed by atoms with Crippen LogP contribution in [-0.4, -0.2) is 64.2 Å². The average Bonchev–Trinajstić information content (AvgIpc) is 3.29. The monoisotopic (exact) mass is 342 g/mol. The number of H-pyrrole nitrogens is 1. The molecule has 2 aromatic rings. The van der Waals surface area contributed by atoms with Gasteiger partial charge in [-0.05, 0) is 6.42 Å². The van der Waals surface area contributed by atoms with E-state index >= 15 is 0 Å². The zero-order chi connectivity index (χ0) is 16.8. The highest BCUT2D eigenvalue weighted by Crippen LogP contribution is 2.31. The fourth-order valence-electron chi connectivity index (χ4n) is 3.76. The lowest BCUT2D eigenvalue weighted by molar-refractivity contribution is 0.140. The Kier molecular flexibility index (Phi) is 3.60. The zero-order valence-electron chi connectivity index (χ0n) is 14.1. The van der Waals surface area contributed by atoms with E-state index in [1.807, 2.05) is 11.1 Å². The summed E-state index contributed by atoms with van der Waals surface area (Å²) in [6.45, 7) is 4.46. The predicted octanol–water partition coefficient (Wildman–Crippen LogP) is 0.447. The van der Waals surface area contributed by atoms with E-state index in [9.17, 15) is 5.11 Å². The Balaban J connectivity index is 1.47. The van der Waals surface area contributed by atoms with Crippen LogP contribution < -0.4 is 9.80 Å². The lowest BCUT2D eigenvalue weighted by Crippen LogP contribution is -2.51. The average molecular weight is 342 g/mol. The lowest BCUT2D eigenvalue weighted by Gasteiger charge is -2.37. The molecular weight excluding hydrogens is 320 g/mol. The Bertz CT molecular complexity index is 766. The first-order chi connectivity index (χ1) is 12.3. The third kappa shape index (κ3) is 2.75. The second kappa shape index (κ2) is 5.96. The number of β-amino-alcohol motifs (C(OH)–C–C–N with tert-alkyl or cyclic N) is 1. The molecule has 0 unspecified atom stereocenters. The highest BCUT2D eigenvalue weighted by molar-refractivity contribution is 5.50. The Morgan fingerprint density at radius 1 is 1.24 bits per heavy atom. The number of aliphatic hydroxyl groups is 1. The Labute approximate surface area is 145 Å². The van der Waals surface area contributed by atoms with Gasteiger partial charge in [0.1, 0.15) is 5.82 Å². The third-order valence-electron chi connectivity index (χ3n) is 5.34. The topological polar surface area (TPSA) is 90.4 Å². The van der Waals surface area contributed by atoms with Gasteiger partial charge in [-0.2, -0.15) is 10.1 Å². The molecule has 0 spiro atoms. The van der Waals surface area contributed by atoms with Crippen LogP contribution in [0.15, 0.2) is 12.3 Å². The molecule has 8 nitrogen and oxygen atoms in total. The van der Waals surface area contributed by atoms with Crippen LogP contribution in [0, 0.1) is 0 Å². The minimum absolute atomic E-state index is 0.269. The van der Waals surface area contributed by atoms with Gasteiger partial charge in [0, 0.05) is 62.4 Å². The maximum atomic E-state index is 9.63. The number of anilines is 2. The molecule has 0 amide bonds. The van der Waals surface area contributed by atoms with E-state index in [0.717, 1.165) is 56.6 Å². The van der Waals surface area contributed by atoms with E-state index in [4.69, 9.17) is 14.7 Å². The van der Waals surface area contributed by atoms with Crippen molar-refractivity contribution in [1.82, 2.24) is 20.2 Å². The van der Waals surface area contributed by atoms with E-state index in [2.05, 4.69) is 21.2 Å². The summed E-state index contributed by atoms with van der Waals surface area (Å²) in [5, 5.41) is 16.9. The number of aromatic amines is 1.